The van der Waals surface area contributed by atoms with Crippen molar-refractivity contribution >= 4 is 11.7 Å². The lowest BCUT2D eigenvalue weighted by Gasteiger charge is -2.19. The summed E-state index contributed by atoms with van der Waals surface area (Å²) >= 11 is 0. The van der Waals surface area contributed by atoms with E-state index in [-0.39, 0.29) is 23.7 Å². The average Bonchev–Trinajstić information content (AvgIpc) is 2.27. The molecule has 0 saturated heterocycles. The zero-order chi connectivity index (χ0) is 13.0. The summed E-state index contributed by atoms with van der Waals surface area (Å²) in [5.41, 5.74) is 0.963. The summed E-state index contributed by atoms with van der Waals surface area (Å²) < 4.78 is 5.07. The molecule has 0 spiro atoms. The maximum absolute atomic E-state index is 10.8. The van der Waals surface area contributed by atoms with Crippen molar-refractivity contribution in [1.82, 2.24) is 0 Å². The number of carbonyl (C=O) groups excluding carboxylic acids is 1. The molecule has 0 N–H and O–H groups in total. The third-order valence-corrected chi connectivity index (χ3v) is 2.69. The molecule has 5 nitrogen and oxygen atoms in total. The Balaban J connectivity index is 2.78. The van der Waals surface area contributed by atoms with Gasteiger partial charge in [-0.2, -0.15) is 0 Å². The highest BCUT2D eigenvalue weighted by Crippen LogP contribution is 2.23. The van der Waals surface area contributed by atoms with Gasteiger partial charge in [0.15, 0.2) is 0 Å². The summed E-state index contributed by atoms with van der Waals surface area (Å²) in [7, 11) is 0. The molecule has 1 aromatic carbocycles. The highest BCUT2D eigenvalue weighted by Gasteiger charge is 2.17. The van der Waals surface area contributed by atoms with Gasteiger partial charge in [-0.3, -0.25) is 14.9 Å². The van der Waals surface area contributed by atoms with Crippen molar-refractivity contribution < 1.29 is 14.5 Å². The van der Waals surface area contributed by atoms with E-state index in [1.807, 2.05) is 6.92 Å². The molecule has 0 aliphatic heterocycles. The van der Waals surface area contributed by atoms with E-state index >= 15 is 0 Å². The molecule has 0 saturated carbocycles. The van der Waals surface area contributed by atoms with Crippen LogP contribution in [0.15, 0.2) is 24.3 Å². The van der Waals surface area contributed by atoms with Crippen LogP contribution < -0.4 is 0 Å². The lowest BCUT2D eigenvalue weighted by atomic mass is 9.96. The number of hydrogen-bond acceptors (Lipinski definition) is 4. The molecule has 17 heavy (non-hydrogen) atoms. The average molecular weight is 237 g/mol. The number of carbonyl (C=O) groups is 1. The second-order valence-corrected chi connectivity index (χ2v) is 3.95. The Bertz CT molecular complexity index is 413. The third kappa shape index (κ3) is 3.55. The number of nitro benzene ring substituents is 1. The Hall–Kier alpha value is -1.91. The van der Waals surface area contributed by atoms with Gasteiger partial charge in [0, 0.05) is 25.0 Å². The Morgan fingerprint density at radius 1 is 1.29 bits per heavy atom. The molecule has 0 amide bonds. The Morgan fingerprint density at radius 2 is 1.82 bits per heavy atom. The Morgan fingerprint density at radius 3 is 2.24 bits per heavy atom. The number of benzene rings is 1. The predicted octanol–water partition coefficient (Wildman–Crippen LogP) is 2.65. The van der Waals surface area contributed by atoms with Crippen molar-refractivity contribution in [1.29, 1.82) is 0 Å². The molecule has 0 aliphatic rings. The lowest BCUT2D eigenvalue weighted by molar-refractivity contribution is -0.384. The van der Waals surface area contributed by atoms with E-state index in [1.54, 1.807) is 19.1 Å². The number of rotatable bonds is 4. The first-order chi connectivity index (χ1) is 7.91. The van der Waals surface area contributed by atoms with Gasteiger partial charge >= 0.3 is 5.97 Å². The minimum atomic E-state index is -0.441. The Kier molecular flexibility index (Phi) is 4.20. The molecular formula is C12H15NO4. The maximum atomic E-state index is 10.8. The zero-order valence-electron chi connectivity index (χ0n) is 10.0. The van der Waals surface area contributed by atoms with Gasteiger partial charge in [-0.25, -0.2) is 0 Å². The molecule has 92 valence electrons. The molecule has 0 aliphatic carbocycles. The number of nitrogens with zero attached hydrogens (tertiary/aromatic N) is 1. The number of nitro groups is 1. The quantitative estimate of drug-likeness (QED) is 0.458. The SMILES string of the molecule is CC(=O)O[C@@H](C)[C@@H](C)c1ccc([N+](=O)[O-])cc1. The largest absolute Gasteiger partial charge is 0.462 e. The molecule has 1 aromatic rings. The first-order valence-corrected chi connectivity index (χ1v) is 5.33. The van der Waals surface area contributed by atoms with Crippen molar-refractivity contribution in [3.8, 4) is 0 Å². The van der Waals surface area contributed by atoms with Crippen LogP contribution >= 0.6 is 0 Å². The molecule has 5 heteroatoms. The van der Waals surface area contributed by atoms with Crippen molar-refractivity contribution in [3.05, 3.63) is 39.9 Å². The van der Waals surface area contributed by atoms with Crippen molar-refractivity contribution in [3.63, 3.8) is 0 Å². The molecule has 0 unspecified atom stereocenters. The molecule has 0 aromatic heterocycles. The van der Waals surface area contributed by atoms with E-state index in [0.29, 0.717) is 0 Å². The smallest absolute Gasteiger partial charge is 0.302 e. The molecule has 1 rings (SSSR count). The number of esters is 1. The van der Waals surface area contributed by atoms with E-state index < -0.39 is 4.92 Å². The van der Waals surface area contributed by atoms with Crippen molar-refractivity contribution in [2.75, 3.05) is 0 Å². The van der Waals surface area contributed by atoms with E-state index in [2.05, 4.69) is 0 Å². The van der Waals surface area contributed by atoms with Gasteiger partial charge in [0.2, 0.25) is 0 Å². The van der Waals surface area contributed by atoms with Gasteiger partial charge in [0.1, 0.15) is 6.10 Å². The lowest BCUT2D eigenvalue weighted by Crippen LogP contribution is -2.19. The van der Waals surface area contributed by atoms with Crippen molar-refractivity contribution in [2.24, 2.45) is 0 Å². The molecule has 0 bridgehead atoms. The second kappa shape index (κ2) is 5.43. The molecule has 0 fully saturated rings. The predicted molar refractivity (Wildman–Crippen MR) is 62.7 cm³/mol. The number of hydrogen-bond donors (Lipinski definition) is 0. The van der Waals surface area contributed by atoms with E-state index in [1.165, 1.54) is 19.1 Å². The topological polar surface area (TPSA) is 69.4 Å². The van der Waals surface area contributed by atoms with Gasteiger partial charge in [-0.1, -0.05) is 19.1 Å². The molecule has 2 atom stereocenters. The van der Waals surface area contributed by atoms with Crippen LogP contribution in [0.4, 0.5) is 5.69 Å². The summed E-state index contributed by atoms with van der Waals surface area (Å²) in [5.74, 6) is -0.328. The summed E-state index contributed by atoms with van der Waals surface area (Å²) in [4.78, 5) is 20.9. The van der Waals surface area contributed by atoms with Gasteiger partial charge in [-0.05, 0) is 12.5 Å². The van der Waals surface area contributed by atoms with Gasteiger partial charge in [-0.15, -0.1) is 0 Å². The van der Waals surface area contributed by atoms with Gasteiger partial charge in [0.05, 0.1) is 4.92 Å². The fraction of sp³-hybridized carbons (Fsp3) is 0.417. The first kappa shape index (κ1) is 13.2. The summed E-state index contributed by atoms with van der Waals surface area (Å²) in [6, 6.07) is 6.27. The van der Waals surface area contributed by atoms with Crippen LogP contribution in [0.1, 0.15) is 32.3 Å². The number of ether oxygens (including phenoxy) is 1. The molecule has 0 heterocycles. The fourth-order valence-electron chi connectivity index (χ4n) is 1.53. The third-order valence-electron chi connectivity index (χ3n) is 2.69. The summed E-state index contributed by atoms with van der Waals surface area (Å²) in [6.45, 7) is 5.07. The zero-order valence-corrected chi connectivity index (χ0v) is 10.0. The Labute approximate surface area is 99.5 Å². The minimum absolute atomic E-state index is 0.000274. The van der Waals surface area contributed by atoms with Gasteiger partial charge in [0.25, 0.3) is 5.69 Å². The van der Waals surface area contributed by atoms with Crippen LogP contribution in [0.2, 0.25) is 0 Å². The highest BCUT2D eigenvalue weighted by molar-refractivity contribution is 5.66. The van der Waals surface area contributed by atoms with Crippen LogP contribution in [-0.2, 0) is 9.53 Å². The van der Waals surface area contributed by atoms with Crippen LogP contribution in [0.3, 0.4) is 0 Å². The van der Waals surface area contributed by atoms with Crippen LogP contribution in [0.25, 0.3) is 0 Å². The van der Waals surface area contributed by atoms with Crippen LogP contribution in [0.5, 0.6) is 0 Å². The van der Waals surface area contributed by atoms with E-state index in [9.17, 15) is 14.9 Å². The highest BCUT2D eigenvalue weighted by atomic mass is 16.6. The molecule has 0 radical (unpaired) electrons. The van der Waals surface area contributed by atoms with E-state index in [4.69, 9.17) is 4.74 Å². The standard InChI is InChI=1S/C12H15NO4/c1-8(9(2)17-10(3)14)11-4-6-12(7-5-11)13(15)16/h4-9H,1-3H3/t8-,9+/m1/s1. The summed E-state index contributed by atoms with van der Waals surface area (Å²) in [6.07, 6.45) is -0.256. The van der Waals surface area contributed by atoms with Gasteiger partial charge < -0.3 is 4.74 Å². The normalized spacial score (nSPS) is 13.8. The second-order valence-electron chi connectivity index (χ2n) is 3.95. The first-order valence-electron chi connectivity index (χ1n) is 5.33. The monoisotopic (exact) mass is 237 g/mol. The molecular weight excluding hydrogens is 222 g/mol. The van der Waals surface area contributed by atoms with Crippen LogP contribution in [0, 0.1) is 10.1 Å². The van der Waals surface area contributed by atoms with E-state index in [0.717, 1.165) is 5.56 Å². The van der Waals surface area contributed by atoms with Crippen LogP contribution in [-0.4, -0.2) is 17.0 Å². The summed E-state index contributed by atoms with van der Waals surface area (Å²) in [5, 5.41) is 10.5. The fourth-order valence-corrected chi connectivity index (χ4v) is 1.53. The maximum Gasteiger partial charge on any atom is 0.302 e. The minimum Gasteiger partial charge on any atom is -0.462 e. The van der Waals surface area contributed by atoms with Crippen molar-refractivity contribution in [2.45, 2.75) is 32.8 Å². The number of non-ortho nitro benzene ring substituents is 1.